The first kappa shape index (κ1) is 16.1. The normalized spacial score (nSPS) is 20.1. The predicted molar refractivity (Wildman–Crippen MR) is 104 cm³/mol. The van der Waals surface area contributed by atoms with Gasteiger partial charge in [-0.05, 0) is 44.0 Å². The van der Waals surface area contributed by atoms with Crippen LogP contribution in [-0.2, 0) is 0 Å². The summed E-state index contributed by atoms with van der Waals surface area (Å²) in [5.74, 6) is 1.51. The first-order valence-electron chi connectivity index (χ1n) is 9.25. The average molecular weight is 359 g/mol. The predicted octanol–water partition coefficient (Wildman–Crippen LogP) is 2.38. The first-order chi connectivity index (χ1) is 13.3. The molecule has 27 heavy (non-hydrogen) atoms. The van der Waals surface area contributed by atoms with E-state index in [1.807, 2.05) is 18.2 Å². The van der Waals surface area contributed by atoms with Crippen molar-refractivity contribution in [1.82, 2.24) is 20.5 Å². The number of piperidine rings is 1. The van der Waals surface area contributed by atoms with Crippen LogP contribution < -0.4 is 10.6 Å². The molecule has 2 aromatic rings. The van der Waals surface area contributed by atoms with Gasteiger partial charge in [0.1, 0.15) is 0 Å². The fourth-order valence-corrected chi connectivity index (χ4v) is 3.93. The minimum Gasteiger partial charge on any atom is -0.321 e. The Morgan fingerprint density at radius 2 is 2.04 bits per heavy atom. The monoisotopic (exact) mass is 359 g/mol. The number of hydrogen-bond acceptors (Lipinski definition) is 5. The molecule has 135 valence electrons. The first-order valence-corrected chi connectivity index (χ1v) is 9.25. The van der Waals surface area contributed by atoms with Gasteiger partial charge in [-0.2, -0.15) is 10.3 Å². The van der Waals surface area contributed by atoms with Crippen molar-refractivity contribution in [1.29, 1.82) is 0 Å². The molecule has 7 heteroatoms. The highest BCUT2D eigenvalue weighted by atomic mass is 16.2. The smallest absolute Gasteiger partial charge is 0.321 e. The number of amidine groups is 2. The summed E-state index contributed by atoms with van der Waals surface area (Å²) in [6.07, 6.45) is 5.81. The minimum atomic E-state index is -0.478. The molecule has 5 rings (SSSR count). The highest BCUT2D eigenvalue weighted by Gasteiger charge is 2.35. The minimum absolute atomic E-state index is 0.413. The van der Waals surface area contributed by atoms with Crippen molar-refractivity contribution < 1.29 is 4.79 Å². The second-order valence-electron chi connectivity index (χ2n) is 6.98. The van der Waals surface area contributed by atoms with E-state index in [2.05, 4.69) is 42.6 Å². The number of hydrogen-bond donors (Lipinski definition) is 1. The summed E-state index contributed by atoms with van der Waals surface area (Å²) in [5, 5.41) is 8.40. The van der Waals surface area contributed by atoms with Gasteiger partial charge in [0.15, 0.2) is 5.84 Å². The van der Waals surface area contributed by atoms with Gasteiger partial charge in [-0.25, -0.2) is 9.79 Å². The third-order valence-electron chi connectivity index (χ3n) is 5.28. The van der Waals surface area contributed by atoms with E-state index < -0.39 is 6.03 Å². The molecule has 1 saturated heterocycles. The highest BCUT2D eigenvalue weighted by Crippen LogP contribution is 2.31. The Hall–Kier alpha value is -3.06. The zero-order valence-corrected chi connectivity index (χ0v) is 14.8. The highest BCUT2D eigenvalue weighted by molar-refractivity contribution is 6.49. The molecular weight excluding hydrogens is 340 g/mol. The van der Waals surface area contributed by atoms with Crippen LogP contribution in [0.15, 0.2) is 52.7 Å². The lowest BCUT2D eigenvalue weighted by atomic mass is 9.96. The number of nitrogens with one attached hydrogen (secondary N) is 1. The summed E-state index contributed by atoms with van der Waals surface area (Å²) in [6.45, 7) is 2.84. The Morgan fingerprint density at radius 1 is 1.15 bits per heavy atom. The van der Waals surface area contributed by atoms with Crippen molar-refractivity contribution in [3.8, 4) is 0 Å². The Kier molecular flexibility index (Phi) is 3.94. The van der Waals surface area contributed by atoms with E-state index in [9.17, 15) is 4.79 Å². The van der Waals surface area contributed by atoms with Crippen molar-refractivity contribution in [2.45, 2.75) is 12.8 Å². The number of pyridine rings is 1. The molecule has 7 nitrogen and oxygen atoms in total. The lowest BCUT2D eigenvalue weighted by Crippen LogP contribution is -2.42. The number of aromatic nitrogens is 1. The zero-order chi connectivity index (χ0) is 18.2. The van der Waals surface area contributed by atoms with Crippen LogP contribution in [0.4, 0.5) is 4.79 Å². The molecule has 1 radical (unpaired) electrons. The van der Waals surface area contributed by atoms with Crippen molar-refractivity contribution >= 4 is 34.3 Å². The van der Waals surface area contributed by atoms with Gasteiger partial charge in [-0.1, -0.05) is 18.2 Å². The van der Waals surface area contributed by atoms with E-state index in [1.54, 1.807) is 12.4 Å². The summed E-state index contributed by atoms with van der Waals surface area (Å²) in [7, 11) is 0. The molecule has 0 saturated carbocycles. The van der Waals surface area contributed by atoms with Crippen LogP contribution in [0.1, 0.15) is 18.4 Å². The number of nitrogens with zero attached hydrogens (tertiary/aromatic N) is 5. The third kappa shape index (κ3) is 2.90. The van der Waals surface area contributed by atoms with E-state index in [-0.39, 0.29) is 0 Å². The van der Waals surface area contributed by atoms with E-state index in [4.69, 9.17) is 0 Å². The summed E-state index contributed by atoms with van der Waals surface area (Å²) >= 11 is 0. The second kappa shape index (κ2) is 6.59. The Balaban J connectivity index is 1.60. The molecule has 3 aliphatic heterocycles. The number of rotatable bonds is 3. The SMILES string of the molecule is O=C1[N]C2=NC=C(c3cccc4ncccc34)N(CC3CCNCC3)C2=N1. The Bertz CT molecular complexity index is 997. The van der Waals surface area contributed by atoms with E-state index in [0.29, 0.717) is 17.6 Å². The van der Waals surface area contributed by atoms with Gasteiger partial charge in [0.25, 0.3) is 0 Å². The largest absolute Gasteiger partial charge is 0.371 e. The second-order valence-corrected chi connectivity index (χ2v) is 6.98. The Morgan fingerprint density at radius 3 is 2.93 bits per heavy atom. The van der Waals surface area contributed by atoms with Gasteiger partial charge < -0.3 is 10.2 Å². The van der Waals surface area contributed by atoms with Gasteiger partial charge in [0.05, 0.1) is 17.4 Å². The fourth-order valence-electron chi connectivity index (χ4n) is 3.93. The number of carbonyl (C=O) groups excluding carboxylic acids is 1. The molecule has 0 atom stereocenters. The topological polar surface area (TPSA) is 84.0 Å². The fraction of sp³-hybridized carbons (Fsp3) is 0.300. The molecule has 0 bridgehead atoms. The third-order valence-corrected chi connectivity index (χ3v) is 5.28. The van der Waals surface area contributed by atoms with Crippen LogP contribution >= 0.6 is 0 Å². The van der Waals surface area contributed by atoms with Crippen LogP contribution in [0, 0.1) is 5.92 Å². The molecule has 1 fully saturated rings. The van der Waals surface area contributed by atoms with Crippen LogP contribution in [0.25, 0.3) is 16.6 Å². The molecule has 1 aromatic heterocycles. The maximum absolute atomic E-state index is 11.8. The number of carbonyl (C=O) groups is 1. The quantitative estimate of drug-likeness (QED) is 0.912. The number of amides is 2. The summed E-state index contributed by atoms with van der Waals surface area (Å²) in [6, 6.07) is 9.59. The zero-order valence-electron chi connectivity index (χ0n) is 14.8. The molecule has 1 N–H and O–H groups in total. The van der Waals surface area contributed by atoms with E-state index >= 15 is 0 Å². The lowest BCUT2D eigenvalue weighted by Gasteiger charge is -2.34. The summed E-state index contributed by atoms with van der Waals surface area (Å²) in [5.41, 5.74) is 2.92. The van der Waals surface area contributed by atoms with Crippen molar-refractivity contribution in [3.05, 3.63) is 48.3 Å². The summed E-state index contributed by atoms with van der Waals surface area (Å²) in [4.78, 5) is 26.9. The number of aliphatic imine (C=N–C) groups is 2. The van der Waals surface area contributed by atoms with Gasteiger partial charge in [0, 0.05) is 23.7 Å². The van der Waals surface area contributed by atoms with Gasteiger partial charge in [0.2, 0.25) is 5.84 Å². The lowest BCUT2D eigenvalue weighted by molar-refractivity contribution is 0.253. The van der Waals surface area contributed by atoms with Crippen molar-refractivity contribution in [2.24, 2.45) is 15.9 Å². The number of fused-ring (bicyclic) bond motifs is 2. The maximum Gasteiger partial charge on any atom is 0.371 e. The molecular formula is C20H19N6O. The maximum atomic E-state index is 11.8. The molecule has 0 aliphatic carbocycles. The molecule has 2 amide bonds. The van der Waals surface area contributed by atoms with Crippen molar-refractivity contribution in [3.63, 3.8) is 0 Å². The number of benzene rings is 1. The molecule has 0 spiro atoms. The number of urea groups is 1. The standard InChI is InChI=1S/C20H19N6O/c27-20-24-18-19(25-20)26(12-13-6-9-21-10-7-13)17(11-23-18)15-3-1-5-16-14(15)4-2-8-22-16/h1-5,8,11,13,21H,6-7,9-10,12H2. The van der Waals surface area contributed by atoms with Gasteiger partial charge in [-0.15, -0.1) is 0 Å². The van der Waals surface area contributed by atoms with E-state index in [0.717, 1.165) is 54.6 Å². The van der Waals surface area contributed by atoms with Crippen LogP contribution in [0.3, 0.4) is 0 Å². The molecule has 3 aliphatic rings. The molecule has 4 heterocycles. The molecule has 1 aromatic carbocycles. The van der Waals surface area contributed by atoms with Gasteiger partial charge in [-0.3, -0.25) is 4.98 Å². The summed E-state index contributed by atoms with van der Waals surface area (Å²) < 4.78 is 0. The van der Waals surface area contributed by atoms with Crippen LogP contribution in [0.2, 0.25) is 0 Å². The van der Waals surface area contributed by atoms with Crippen molar-refractivity contribution in [2.75, 3.05) is 19.6 Å². The van der Waals surface area contributed by atoms with Crippen LogP contribution in [0.5, 0.6) is 0 Å². The Labute approximate surface area is 156 Å². The molecule has 0 unspecified atom stereocenters. The van der Waals surface area contributed by atoms with Crippen LogP contribution in [-0.4, -0.2) is 47.2 Å². The van der Waals surface area contributed by atoms with Gasteiger partial charge >= 0.3 is 6.03 Å². The average Bonchev–Trinajstić information content (AvgIpc) is 3.09. The van der Waals surface area contributed by atoms with E-state index in [1.165, 1.54) is 0 Å².